The summed E-state index contributed by atoms with van der Waals surface area (Å²) in [7, 11) is 0. The number of carbonyl (C=O) groups excluding carboxylic acids is 2. The van der Waals surface area contributed by atoms with Crippen molar-refractivity contribution in [2.45, 2.75) is 6.92 Å². The quantitative estimate of drug-likeness (QED) is 0.550. The number of hydrogen-bond donors (Lipinski definition) is 2. The molecule has 3 N–H and O–H groups in total. The van der Waals surface area contributed by atoms with Gasteiger partial charge >= 0.3 is 0 Å². The number of rotatable bonds is 3. The summed E-state index contributed by atoms with van der Waals surface area (Å²) in [6.45, 7) is 2.51. The molecule has 1 saturated heterocycles. The standard InChI is InChI=1S/C7H12N2O3/c1-7(3-12-4-7)6(11)9-2-5(8)10/h2-4H2,1H3,(H2,8,10)(H,9,11). The summed E-state index contributed by atoms with van der Waals surface area (Å²) in [5, 5.41) is 2.43. The van der Waals surface area contributed by atoms with E-state index in [1.54, 1.807) is 6.92 Å². The average molecular weight is 172 g/mol. The van der Waals surface area contributed by atoms with Crippen LogP contribution in [0.3, 0.4) is 0 Å². The molecule has 0 saturated carbocycles. The van der Waals surface area contributed by atoms with Crippen molar-refractivity contribution >= 4 is 11.8 Å². The van der Waals surface area contributed by atoms with E-state index >= 15 is 0 Å². The highest BCUT2D eigenvalue weighted by Gasteiger charge is 2.40. The SMILES string of the molecule is CC1(C(=O)NCC(N)=O)COC1. The van der Waals surface area contributed by atoms with Gasteiger partial charge < -0.3 is 15.8 Å². The van der Waals surface area contributed by atoms with E-state index in [0.717, 1.165) is 0 Å². The lowest BCUT2D eigenvalue weighted by Gasteiger charge is -2.36. The van der Waals surface area contributed by atoms with Gasteiger partial charge in [-0.25, -0.2) is 0 Å². The van der Waals surface area contributed by atoms with Crippen LogP contribution >= 0.6 is 0 Å². The number of nitrogens with two attached hydrogens (primary N) is 1. The molecule has 1 fully saturated rings. The lowest BCUT2D eigenvalue weighted by atomic mass is 9.88. The molecule has 0 bridgehead atoms. The molecule has 1 rings (SSSR count). The van der Waals surface area contributed by atoms with Gasteiger partial charge in [-0.3, -0.25) is 9.59 Å². The minimum absolute atomic E-state index is 0.103. The molecule has 0 atom stereocenters. The first-order chi connectivity index (χ1) is 5.54. The predicted molar refractivity (Wildman–Crippen MR) is 41.1 cm³/mol. The third kappa shape index (κ3) is 1.73. The summed E-state index contributed by atoms with van der Waals surface area (Å²) >= 11 is 0. The van der Waals surface area contributed by atoms with Crippen molar-refractivity contribution < 1.29 is 14.3 Å². The highest BCUT2D eigenvalue weighted by molar-refractivity contribution is 5.87. The first kappa shape index (κ1) is 8.99. The van der Waals surface area contributed by atoms with E-state index in [1.165, 1.54) is 0 Å². The Labute approximate surface area is 70.2 Å². The Hall–Kier alpha value is -1.10. The van der Waals surface area contributed by atoms with Gasteiger partial charge in [0.25, 0.3) is 0 Å². The largest absolute Gasteiger partial charge is 0.379 e. The summed E-state index contributed by atoms with van der Waals surface area (Å²) in [4.78, 5) is 21.6. The van der Waals surface area contributed by atoms with Gasteiger partial charge in [0.15, 0.2) is 0 Å². The maximum absolute atomic E-state index is 11.3. The second-order valence-corrected chi connectivity index (χ2v) is 3.20. The minimum atomic E-state index is -0.535. The van der Waals surface area contributed by atoms with Gasteiger partial charge in [-0.1, -0.05) is 0 Å². The van der Waals surface area contributed by atoms with E-state index in [2.05, 4.69) is 5.32 Å². The maximum atomic E-state index is 11.3. The normalized spacial score (nSPS) is 19.4. The van der Waals surface area contributed by atoms with Crippen molar-refractivity contribution in [3.05, 3.63) is 0 Å². The highest BCUT2D eigenvalue weighted by atomic mass is 16.5. The first-order valence-electron chi connectivity index (χ1n) is 3.69. The van der Waals surface area contributed by atoms with Crippen LogP contribution in [0.4, 0.5) is 0 Å². The van der Waals surface area contributed by atoms with Crippen LogP contribution < -0.4 is 11.1 Å². The molecule has 1 aliphatic rings. The average Bonchev–Trinajstić information content (AvgIpc) is 1.95. The van der Waals surface area contributed by atoms with Gasteiger partial charge in [0, 0.05) is 0 Å². The van der Waals surface area contributed by atoms with Crippen molar-refractivity contribution in [2.75, 3.05) is 19.8 Å². The van der Waals surface area contributed by atoms with E-state index in [9.17, 15) is 9.59 Å². The maximum Gasteiger partial charge on any atom is 0.236 e. The smallest absolute Gasteiger partial charge is 0.236 e. The second-order valence-electron chi connectivity index (χ2n) is 3.20. The number of primary amides is 1. The van der Waals surface area contributed by atoms with Gasteiger partial charge in [0.05, 0.1) is 25.2 Å². The van der Waals surface area contributed by atoms with Crippen LogP contribution in [0.15, 0.2) is 0 Å². The number of hydrogen-bond acceptors (Lipinski definition) is 3. The third-order valence-corrected chi connectivity index (χ3v) is 1.81. The van der Waals surface area contributed by atoms with Gasteiger partial charge in [-0.15, -0.1) is 0 Å². The zero-order valence-electron chi connectivity index (χ0n) is 6.92. The summed E-state index contributed by atoms with van der Waals surface area (Å²) < 4.78 is 4.89. The highest BCUT2D eigenvalue weighted by Crippen LogP contribution is 2.26. The molecule has 0 unspecified atom stereocenters. The second kappa shape index (κ2) is 3.10. The Balaban J connectivity index is 2.33. The van der Waals surface area contributed by atoms with Gasteiger partial charge in [0.1, 0.15) is 0 Å². The molecule has 0 aromatic heterocycles. The molecule has 5 nitrogen and oxygen atoms in total. The summed E-state index contributed by atoms with van der Waals surface area (Å²) in [5.74, 6) is -0.709. The number of nitrogens with one attached hydrogen (secondary N) is 1. The molecule has 0 spiro atoms. The summed E-state index contributed by atoms with van der Waals surface area (Å²) in [6, 6.07) is 0. The van der Waals surface area contributed by atoms with E-state index in [-0.39, 0.29) is 12.5 Å². The molecule has 12 heavy (non-hydrogen) atoms. The lowest BCUT2D eigenvalue weighted by molar-refractivity contribution is -0.158. The van der Waals surface area contributed by atoms with Crippen molar-refractivity contribution in [1.82, 2.24) is 5.32 Å². The minimum Gasteiger partial charge on any atom is -0.379 e. The van der Waals surface area contributed by atoms with Gasteiger partial charge in [-0.2, -0.15) is 0 Å². The summed E-state index contributed by atoms with van der Waals surface area (Å²) in [5.41, 5.74) is 4.40. The van der Waals surface area contributed by atoms with E-state index in [0.29, 0.717) is 13.2 Å². The van der Waals surface area contributed by atoms with Crippen LogP contribution in [-0.4, -0.2) is 31.6 Å². The Morgan fingerprint density at radius 1 is 1.58 bits per heavy atom. The Kier molecular flexibility index (Phi) is 2.32. The van der Waals surface area contributed by atoms with E-state index < -0.39 is 11.3 Å². The number of ether oxygens (including phenoxy) is 1. The molecule has 1 aliphatic heterocycles. The fourth-order valence-corrected chi connectivity index (χ4v) is 0.920. The molecule has 0 aliphatic carbocycles. The molecular formula is C7H12N2O3. The van der Waals surface area contributed by atoms with Crippen molar-refractivity contribution in [1.29, 1.82) is 0 Å². The van der Waals surface area contributed by atoms with Crippen molar-refractivity contribution in [3.63, 3.8) is 0 Å². The van der Waals surface area contributed by atoms with Crippen LogP contribution in [0.5, 0.6) is 0 Å². The predicted octanol–water partition coefficient (Wildman–Crippen LogP) is -1.38. The van der Waals surface area contributed by atoms with Gasteiger partial charge in [-0.05, 0) is 6.92 Å². The molecule has 0 aromatic carbocycles. The molecule has 5 heteroatoms. The Bertz CT molecular complexity index is 211. The van der Waals surface area contributed by atoms with Crippen LogP contribution in [0.2, 0.25) is 0 Å². The van der Waals surface area contributed by atoms with E-state index in [4.69, 9.17) is 10.5 Å². The number of carbonyl (C=O) groups is 2. The third-order valence-electron chi connectivity index (χ3n) is 1.81. The van der Waals surface area contributed by atoms with Crippen LogP contribution in [0.25, 0.3) is 0 Å². The monoisotopic (exact) mass is 172 g/mol. The lowest BCUT2D eigenvalue weighted by Crippen LogP contribution is -2.53. The molecule has 0 aromatic rings. The van der Waals surface area contributed by atoms with E-state index in [1.807, 2.05) is 0 Å². The van der Waals surface area contributed by atoms with Crippen LogP contribution in [0.1, 0.15) is 6.92 Å². The fourth-order valence-electron chi connectivity index (χ4n) is 0.920. The number of amides is 2. The molecule has 0 radical (unpaired) electrons. The Morgan fingerprint density at radius 3 is 2.50 bits per heavy atom. The fraction of sp³-hybridized carbons (Fsp3) is 0.714. The molecule has 68 valence electrons. The molecular weight excluding hydrogens is 160 g/mol. The Morgan fingerprint density at radius 2 is 2.17 bits per heavy atom. The van der Waals surface area contributed by atoms with Crippen molar-refractivity contribution in [2.24, 2.45) is 11.1 Å². The zero-order valence-corrected chi connectivity index (χ0v) is 6.92. The first-order valence-corrected chi connectivity index (χ1v) is 3.69. The molecule has 2 amide bonds. The molecule has 1 heterocycles. The summed E-state index contributed by atoms with van der Waals surface area (Å²) in [6.07, 6.45) is 0. The van der Waals surface area contributed by atoms with Crippen LogP contribution in [0, 0.1) is 5.41 Å². The van der Waals surface area contributed by atoms with Crippen LogP contribution in [-0.2, 0) is 14.3 Å². The van der Waals surface area contributed by atoms with Gasteiger partial charge in [0.2, 0.25) is 11.8 Å². The van der Waals surface area contributed by atoms with Crippen molar-refractivity contribution in [3.8, 4) is 0 Å². The zero-order chi connectivity index (χ0) is 9.19. The topological polar surface area (TPSA) is 81.4 Å².